The first-order chi connectivity index (χ1) is 12.0. The van der Waals surface area contributed by atoms with Crippen LogP contribution in [0.3, 0.4) is 0 Å². The SMILES string of the molecule is Cc1cc(C)cc(OCCOC(=O)c2ccc3c(c2)CCC(=O)N3)c1. The fraction of sp³-hybridized carbons (Fsp3) is 0.300. The van der Waals surface area contributed by atoms with E-state index in [1.54, 1.807) is 18.2 Å². The lowest BCUT2D eigenvalue weighted by atomic mass is 10.0. The molecule has 1 N–H and O–H groups in total. The maximum Gasteiger partial charge on any atom is 0.338 e. The number of anilines is 1. The van der Waals surface area contributed by atoms with Crippen LogP contribution in [-0.2, 0) is 16.0 Å². The number of aryl methyl sites for hydroxylation is 3. The lowest BCUT2D eigenvalue weighted by molar-refractivity contribution is -0.116. The van der Waals surface area contributed by atoms with E-state index in [1.807, 2.05) is 26.0 Å². The van der Waals surface area contributed by atoms with Gasteiger partial charge in [-0.25, -0.2) is 4.79 Å². The molecule has 0 fully saturated rings. The lowest BCUT2D eigenvalue weighted by Gasteiger charge is -2.17. The number of hydrogen-bond donors (Lipinski definition) is 1. The average molecular weight is 339 g/mol. The second-order valence-electron chi connectivity index (χ2n) is 6.23. The van der Waals surface area contributed by atoms with Gasteiger partial charge >= 0.3 is 5.97 Å². The fourth-order valence-electron chi connectivity index (χ4n) is 2.90. The molecule has 1 aliphatic rings. The normalized spacial score (nSPS) is 13.0. The summed E-state index contributed by atoms with van der Waals surface area (Å²) in [6.45, 7) is 4.51. The summed E-state index contributed by atoms with van der Waals surface area (Å²) in [5.41, 5.74) is 4.48. The second kappa shape index (κ2) is 7.38. The van der Waals surface area contributed by atoms with Gasteiger partial charge in [0, 0.05) is 12.1 Å². The third kappa shape index (κ3) is 4.38. The molecule has 3 rings (SSSR count). The van der Waals surface area contributed by atoms with E-state index in [0.29, 0.717) is 25.0 Å². The number of fused-ring (bicyclic) bond motifs is 1. The van der Waals surface area contributed by atoms with Crippen LogP contribution in [0, 0.1) is 13.8 Å². The number of benzene rings is 2. The summed E-state index contributed by atoms with van der Waals surface area (Å²) < 4.78 is 10.9. The molecule has 0 bridgehead atoms. The van der Waals surface area contributed by atoms with Crippen molar-refractivity contribution in [2.75, 3.05) is 18.5 Å². The summed E-state index contributed by atoms with van der Waals surface area (Å²) in [4.78, 5) is 23.5. The molecule has 1 aliphatic heterocycles. The minimum atomic E-state index is -0.385. The Labute approximate surface area is 147 Å². The van der Waals surface area contributed by atoms with Crippen molar-refractivity contribution in [2.24, 2.45) is 0 Å². The van der Waals surface area contributed by atoms with Gasteiger partial charge in [-0.2, -0.15) is 0 Å². The van der Waals surface area contributed by atoms with Crippen molar-refractivity contribution in [3.8, 4) is 5.75 Å². The molecule has 0 saturated carbocycles. The predicted molar refractivity (Wildman–Crippen MR) is 95.1 cm³/mol. The van der Waals surface area contributed by atoms with Gasteiger partial charge in [-0.3, -0.25) is 4.79 Å². The molecule has 0 aliphatic carbocycles. The number of carbonyl (C=O) groups is 2. The molecular weight excluding hydrogens is 318 g/mol. The number of esters is 1. The Balaban J connectivity index is 1.52. The highest BCUT2D eigenvalue weighted by Gasteiger charge is 2.17. The molecule has 1 amide bonds. The summed E-state index contributed by atoms with van der Waals surface area (Å²) in [5.74, 6) is 0.396. The number of hydrogen-bond acceptors (Lipinski definition) is 4. The lowest BCUT2D eigenvalue weighted by Crippen LogP contribution is -2.19. The van der Waals surface area contributed by atoms with Gasteiger partial charge < -0.3 is 14.8 Å². The Hall–Kier alpha value is -2.82. The number of nitrogens with one attached hydrogen (secondary N) is 1. The van der Waals surface area contributed by atoms with Crippen LogP contribution in [0.25, 0.3) is 0 Å². The number of carbonyl (C=O) groups excluding carboxylic acids is 2. The van der Waals surface area contributed by atoms with Gasteiger partial charge in [0.15, 0.2) is 0 Å². The van der Waals surface area contributed by atoms with Crippen molar-refractivity contribution >= 4 is 17.6 Å². The Morgan fingerprint density at radius 3 is 2.56 bits per heavy atom. The highest BCUT2D eigenvalue weighted by molar-refractivity contribution is 5.96. The largest absolute Gasteiger partial charge is 0.490 e. The summed E-state index contributed by atoms with van der Waals surface area (Å²) in [5, 5.41) is 2.79. The molecule has 2 aromatic carbocycles. The van der Waals surface area contributed by atoms with Gasteiger partial charge in [0.25, 0.3) is 0 Å². The third-order valence-corrected chi connectivity index (χ3v) is 4.02. The first-order valence-corrected chi connectivity index (χ1v) is 8.32. The van der Waals surface area contributed by atoms with Gasteiger partial charge in [0.05, 0.1) is 5.56 Å². The summed E-state index contributed by atoms with van der Waals surface area (Å²) in [6.07, 6.45) is 1.08. The smallest absolute Gasteiger partial charge is 0.338 e. The van der Waals surface area contributed by atoms with Gasteiger partial charge in [-0.05, 0) is 67.3 Å². The van der Waals surface area contributed by atoms with Gasteiger partial charge in [-0.15, -0.1) is 0 Å². The van der Waals surface area contributed by atoms with Crippen LogP contribution in [0.15, 0.2) is 36.4 Å². The summed E-state index contributed by atoms with van der Waals surface area (Å²) >= 11 is 0. The van der Waals surface area contributed by atoms with Crippen molar-refractivity contribution in [1.29, 1.82) is 0 Å². The minimum Gasteiger partial charge on any atom is -0.490 e. The van der Waals surface area contributed by atoms with E-state index >= 15 is 0 Å². The second-order valence-corrected chi connectivity index (χ2v) is 6.23. The third-order valence-electron chi connectivity index (χ3n) is 4.02. The topological polar surface area (TPSA) is 64.6 Å². The summed E-state index contributed by atoms with van der Waals surface area (Å²) in [7, 11) is 0. The Morgan fingerprint density at radius 1 is 1.04 bits per heavy atom. The molecular formula is C20H21NO4. The van der Waals surface area contributed by atoms with E-state index in [2.05, 4.69) is 11.4 Å². The summed E-state index contributed by atoms with van der Waals surface area (Å²) in [6, 6.07) is 11.2. The molecule has 0 aromatic heterocycles. The Kier molecular flexibility index (Phi) is 5.03. The highest BCUT2D eigenvalue weighted by Crippen LogP contribution is 2.24. The van der Waals surface area contributed by atoms with Crippen LogP contribution in [-0.4, -0.2) is 25.1 Å². The maximum absolute atomic E-state index is 12.1. The van der Waals surface area contributed by atoms with Crippen LogP contribution < -0.4 is 10.1 Å². The monoisotopic (exact) mass is 339 g/mol. The zero-order valence-corrected chi connectivity index (χ0v) is 14.4. The van der Waals surface area contributed by atoms with Crippen molar-refractivity contribution in [1.82, 2.24) is 0 Å². The minimum absolute atomic E-state index is 0.00589. The molecule has 0 spiro atoms. The van der Waals surface area contributed by atoms with Crippen LogP contribution in [0.5, 0.6) is 5.75 Å². The molecule has 25 heavy (non-hydrogen) atoms. The molecule has 130 valence electrons. The number of amides is 1. The van der Waals surface area contributed by atoms with Crippen LogP contribution >= 0.6 is 0 Å². The van der Waals surface area contributed by atoms with Crippen molar-refractivity contribution < 1.29 is 19.1 Å². The van der Waals surface area contributed by atoms with E-state index in [0.717, 1.165) is 28.1 Å². The molecule has 0 saturated heterocycles. The molecule has 0 radical (unpaired) electrons. The molecule has 1 heterocycles. The van der Waals surface area contributed by atoms with Crippen LogP contribution in [0.1, 0.15) is 33.5 Å². The number of ether oxygens (including phenoxy) is 2. The van der Waals surface area contributed by atoms with E-state index in [4.69, 9.17) is 9.47 Å². The van der Waals surface area contributed by atoms with E-state index in [-0.39, 0.29) is 18.5 Å². The predicted octanol–water partition coefficient (Wildman–Crippen LogP) is 3.42. The van der Waals surface area contributed by atoms with E-state index < -0.39 is 0 Å². The molecule has 5 nitrogen and oxygen atoms in total. The standard InChI is InChI=1S/C20H21NO4/c1-13-9-14(2)11-17(10-13)24-7-8-25-20(23)16-3-5-18-15(12-16)4-6-19(22)21-18/h3,5,9-12H,4,6-8H2,1-2H3,(H,21,22). The van der Waals surface area contributed by atoms with E-state index in [9.17, 15) is 9.59 Å². The van der Waals surface area contributed by atoms with Gasteiger partial charge in [0.1, 0.15) is 19.0 Å². The highest BCUT2D eigenvalue weighted by atomic mass is 16.6. The van der Waals surface area contributed by atoms with Gasteiger partial charge in [0.2, 0.25) is 5.91 Å². The quantitative estimate of drug-likeness (QED) is 0.670. The average Bonchev–Trinajstić information content (AvgIpc) is 2.57. The van der Waals surface area contributed by atoms with Crippen LogP contribution in [0.4, 0.5) is 5.69 Å². The Morgan fingerprint density at radius 2 is 1.80 bits per heavy atom. The fourth-order valence-corrected chi connectivity index (χ4v) is 2.90. The van der Waals surface area contributed by atoms with Crippen molar-refractivity contribution in [3.63, 3.8) is 0 Å². The first kappa shape index (κ1) is 17.0. The van der Waals surface area contributed by atoms with Crippen molar-refractivity contribution in [2.45, 2.75) is 26.7 Å². The molecule has 0 unspecified atom stereocenters. The molecule has 0 atom stereocenters. The molecule has 2 aromatic rings. The maximum atomic E-state index is 12.1. The molecule has 5 heteroatoms. The first-order valence-electron chi connectivity index (χ1n) is 8.32. The zero-order chi connectivity index (χ0) is 17.8. The van der Waals surface area contributed by atoms with Crippen molar-refractivity contribution in [3.05, 3.63) is 58.7 Å². The van der Waals surface area contributed by atoms with Gasteiger partial charge in [-0.1, -0.05) is 6.07 Å². The zero-order valence-electron chi connectivity index (χ0n) is 14.4. The van der Waals surface area contributed by atoms with E-state index in [1.165, 1.54) is 0 Å². The van der Waals surface area contributed by atoms with Crippen LogP contribution in [0.2, 0.25) is 0 Å². The number of rotatable bonds is 5. The Bertz CT molecular complexity index is 793.